The summed E-state index contributed by atoms with van der Waals surface area (Å²) >= 11 is 0. The molecular weight excluding hydrogens is 193 g/mol. The summed E-state index contributed by atoms with van der Waals surface area (Å²) in [6, 6.07) is 6.32. The van der Waals surface area contributed by atoms with E-state index >= 15 is 0 Å². The fourth-order valence-electron chi connectivity index (χ4n) is 1.64. The lowest BCUT2D eigenvalue weighted by atomic mass is 9.90. The predicted molar refractivity (Wildman–Crippen MR) is 73.9 cm³/mol. The van der Waals surface area contributed by atoms with E-state index in [9.17, 15) is 0 Å². The highest BCUT2D eigenvalue weighted by Crippen LogP contribution is 2.20. The second-order valence-electron chi connectivity index (χ2n) is 4.18. The average molecular weight is 213 g/mol. The molecule has 0 bridgehead atoms. The van der Waals surface area contributed by atoms with Crippen LogP contribution in [0.15, 0.2) is 18.2 Å². The number of nitrogens with one attached hydrogen (secondary N) is 1. The molecule has 1 aromatic carbocycles. The van der Waals surface area contributed by atoms with Gasteiger partial charge in [0, 0.05) is 11.2 Å². The van der Waals surface area contributed by atoms with Crippen LogP contribution in [0.2, 0.25) is 0 Å². The number of aryl methyl sites for hydroxylation is 1. The standard InChI is InChI=1S/C12H14BN.C2H6/c1-7(2)11-6-9-5-10(13)8(3)4-12(9)14-11;1-2/h4-7,14H,1-3H3;1-2H3. The van der Waals surface area contributed by atoms with E-state index in [1.54, 1.807) is 0 Å². The highest BCUT2D eigenvalue weighted by molar-refractivity contribution is 6.34. The van der Waals surface area contributed by atoms with Crippen molar-refractivity contribution < 1.29 is 0 Å². The molecule has 2 rings (SSSR count). The number of hydrogen-bond donors (Lipinski definition) is 1. The lowest BCUT2D eigenvalue weighted by Gasteiger charge is -1.99. The topological polar surface area (TPSA) is 15.8 Å². The minimum atomic E-state index is 0.531. The first-order chi connectivity index (χ1) is 7.58. The molecule has 0 amide bonds. The van der Waals surface area contributed by atoms with Crippen LogP contribution >= 0.6 is 0 Å². The van der Waals surface area contributed by atoms with Crippen LogP contribution in [-0.4, -0.2) is 12.8 Å². The molecule has 1 N–H and O–H groups in total. The van der Waals surface area contributed by atoms with E-state index in [1.165, 1.54) is 16.6 Å². The maximum atomic E-state index is 5.86. The summed E-state index contributed by atoms with van der Waals surface area (Å²) < 4.78 is 0. The van der Waals surface area contributed by atoms with Crippen molar-refractivity contribution in [3.63, 3.8) is 0 Å². The van der Waals surface area contributed by atoms with Gasteiger partial charge in [-0.3, -0.25) is 0 Å². The van der Waals surface area contributed by atoms with Crippen molar-refractivity contribution in [3.8, 4) is 0 Å². The van der Waals surface area contributed by atoms with Gasteiger partial charge in [0.15, 0.2) is 0 Å². The summed E-state index contributed by atoms with van der Waals surface area (Å²) in [6.45, 7) is 10.4. The molecule has 84 valence electrons. The van der Waals surface area contributed by atoms with E-state index in [4.69, 9.17) is 7.85 Å². The van der Waals surface area contributed by atoms with E-state index in [-0.39, 0.29) is 0 Å². The molecule has 0 aliphatic rings. The van der Waals surface area contributed by atoms with E-state index in [2.05, 4.69) is 31.0 Å². The van der Waals surface area contributed by atoms with Crippen molar-refractivity contribution in [2.75, 3.05) is 0 Å². The molecule has 2 heteroatoms. The third kappa shape index (κ3) is 2.49. The smallest absolute Gasteiger partial charge is 0.114 e. The lowest BCUT2D eigenvalue weighted by molar-refractivity contribution is 0.836. The predicted octanol–water partition coefficient (Wildman–Crippen LogP) is 3.42. The van der Waals surface area contributed by atoms with Crippen LogP contribution in [0, 0.1) is 6.92 Å². The summed E-state index contributed by atoms with van der Waals surface area (Å²) in [5, 5.41) is 1.21. The van der Waals surface area contributed by atoms with Gasteiger partial charge in [-0.25, -0.2) is 0 Å². The Hall–Kier alpha value is -1.18. The second-order valence-corrected chi connectivity index (χ2v) is 4.18. The first-order valence-electron chi connectivity index (χ1n) is 5.96. The quantitative estimate of drug-likeness (QED) is 0.698. The summed E-state index contributed by atoms with van der Waals surface area (Å²) in [4.78, 5) is 3.41. The van der Waals surface area contributed by atoms with Crippen molar-refractivity contribution in [1.29, 1.82) is 0 Å². The van der Waals surface area contributed by atoms with Crippen molar-refractivity contribution >= 4 is 24.2 Å². The number of H-pyrrole nitrogens is 1. The third-order valence-electron chi connectivity index (χ3n) is 2.65. The van der Waals surface area contributed by atoms with Crippen LogP contribution in [0.5, 0.6) is 0 Å². The molecule has 0 aliphatic heterocycles. The zero-order valence-electron chi connectivity index (χ0n) is 10.9. The van der Waals surface area contributed by atoms with E-state index in [0.717, 1.165) is 11.0 Å². The Morgan fingerprint density at radius 3 is 2.31 bits per heavy atom. The van der Waals surface area contributed by atoms with Crippen LogP contribution < -0.4 is 5.46 Å². The largest absolute Gasteiger partial charge is 0.358 e. The lowest BCUT2D eigenvalue weighted by Crippen LogP contribution is -2.05. The fourth-order valence-corrected chi connectivity index (χ4v) is 1.64. The molecule has 0 saturated heterocycles. The molecule has 0 atom stereocenters. The van der Waals surface area contributed by atoms with Gasteiger partial charge >= 0.3 is 0 Å². The fraction of sp³-hybridized carbons (Fsp3) is 0.429. The zero-order chi connectivity index (χ0) is 12.3. The van der Waals surface area contributed by atoms with Crippen LogP contribution in [0.4, 0.5) is 0 Å². The monoisotopic (exact) mass is 213 g/mol. The Labute approximate surface area is 99.7 Å². The molecule has 1 heterocycles. The molecule has 0 unspecified atom stereocenters. The van der Waals surface area contributed by atoms with Gasteiger partial charge in [0.2, 0.25) is 0 Å². The number of fused-ring (bicyclic) bond motifs is 1. The van der Waals surface area contributed by atoms with Gasteiger partial charge in [-0.1, -0.05) is 44.8 Å². The average Bonchev–Trinajstić information content (AvgIpc) is 2.65. The molecule has 0 aliphatic carbocycles. The first-order valence-corrected chi connectivity index (χ1v) is 5.96. The van der Waals surface area contributed by atoms with Gasteiger partial charge in [0.1, 0.15) is 7.85 Å². The third-order valence-corrected chi connectivity index (χ3v) is 2.65. The molecule has 1 aromatic heterocycles. The summed E-state index contributed by atoms with van der Waals surface area (Å²) in [6.07, 6.45) is 0. The molecule has 0 fully saturated rings. The van der Waals surface area contributed by atoms with Gasteiger partial charge in [0.25, 0.3) is 0 Å². The number of benzene rings is 1. The van der Waals surface area contributed by atoms with E-state index < -0.39 is 0 Å². The number of aromatic nitrogens is 1. The molecular formula is C14H20BN. The maximum Gasteiger partial charge on any atom is 0.114 e. The van der Waals surface area contributed by atoms with Crippen molar-refractivity contribution in [3.05, 3.63) is 29.5 Å². The number of hydrogen-bond acceptors (Lipinski definition) is 0. The summed E-state index contributed by atoms with van der Waals surface area (Å²) in [5.41, 5.74) is 4.45. The van der Waals surface area contributed by atoms with Crippen molar-refractivity contribution in [1.82, 2.24) is 4.98 Å². The van der Waals surface area contributed by atoms with Gasteiger partial charge in [-0.2, -0.15) is 0 Å². The van der Waals surface area contributed by atoms with Crippen LogP contribution in [0.3, 0.4) is 0 Å². The highest BCUT2D eigenvalue weighted by atomic mass is 14.7. The van der Waals surface area contributed by atoms with E-state index in [1.807, 2.05) is 26.8 Å². The van der Waals surface area contributed by atoms with Gasteiger partial charge in [-0.15, -0.1) is 0 Å². The van der Waals surface area contributed by atoms with E-state index in [0.29, 0.717) is 5.92 Å². The molecule has 16 heavy (non-hydrogen) atoms. The van der Waals surface area contributed by atoms with Crippen molar-refractivity contribution in [2.45, 2.75) is 40.5 Å². The molecule has 0 spiro atoms. The van der Waals surface area contributed by atoms with Crippen LogP contribution in [-0.2, 0) is 0 Å². The Balaban J connectivity index is 0.000000606. The molecule has 2 aromatic rings. The maximum absolute atomic E-state index is 5.86. The van der Waals surface area contributed by atoms with Gasteiger partial charge in [-0.05, 0) is 30.4 Å². The SMILES string of the molecule is CC.[B]c1cc2cc(C(C)C)[nH]c2cc1C. The second kappa shape index (κ2) is 5.24. The normalized spacial score (nSPS) is 10.4. The summed E-state index contributed by atoms with van der Waals surface area (Å²) in [7, 11) is 5.86. The number of rotatable bonds is 1. The molecule has 2 radical (unpaired) electrons. The minimum Gasteiger partial charge on any atom is -0.358 e. The molecule has 0 saturated carbocycles. The van der Waals surface area contributed by atoms with Gasteiger partial charge in [0.05, 0.1) is 0 Å². The highest BCUT2D eigenvalue weighted by Gasteiger charge is 2.05. The molecule has 1 nitrogen and oxygen atoms in total. The Morgan fingerprint density at radius 2 is 1.75 bits per heavy atom. The van der Waals surface area contributed by atoms with Crippen LogP contribution in [0.1, 0.15) is 44.9 Å². The zero-order valence-corrected chi connectivity index (χ0v) is 10.9. The Kier molecular flexibility index (Phi) is 4.22. The summed E-state index contributed by atoms with van der Waals surface area (Å²) in [5.74, 6) is 0.531. The minimum absolute atomic E-state index is 0.531. The van der Waals surface area contributed by atoms with Gasteiger partial charge < -0.3 is 4.98 Å². The first kappa shape index (κ1) is 12.9. The number of aromatic amines is 1. The van der Waals surface area contributed by atoms with Crippen LogP contribution in [0.25, 0.3) is 10.9 Å². The van der Waals surface area contributed by atoms with Crippen molar-refractivity contribution in [2.24, 2.45) is 0 Å². The Bertz CT molecular complexity index is 430. The Morgan fingerprint density at radius 1 is 1.12 bits per heavy atom.